The van der Waals surface area contributed by atoms with E-state index in [1.807, 2.05) is 6.07 Å². The molecule has 1 aliphatic heterocycles. The first-order valence-electron chi connectivity index (χ1n) is 5.87. The van der Waals surface area contributed by atoms with Crippen molar-refractivity contribution in [2.75, 3.05) is 13.1 Å². The fraction of sp³-hybridized carbons (Fsp3) is 0.462. The molecule has 1 aliphatic rings. The predicted octanol–water partition coefficient (Wildman–Crippen LogP) is 1.94. The number of guanidine groups is 1. The van der Waals surface area contributed by atoms with Gasteiger partial charge in [0.1, 0.15) is 0 Å². The van der Waals surface area contributed by atoms with Crippen LogP contribution in [0.25, 0.3) is 0 Å². The monoisotopic (exact) mass is 217 g/mol. The van der Waals surface area contributed by atoms with Crippen molar-refractivity contribution < 1.29 is 0 Å². The standard InChI is InChI=1S/C13H19N3/c1-3-13(11-8-6-5-7-9-11)10-15-12(14)16(13)4-2/h5-9H,3-4,10H2,1-2H3,(H2,14,15). The van der Waals surface area contributed by atoms with Crippen molar-refractivity contribution in [3.05, 3.63) is 35.9 Å². The Hall–Kier alpha value is -1.51. The van der Waals surface area contributed by atoms with Gasteiger partial charge in [-0.05, 0) is 18.9 Å². The van der Waals surface area contributed by atoms with E-state index in [2.05, 4.69) is 48.0 Å². The molecule has 2 N–H and O–H groups in total. The Morgan fingerprint density at radius 2 is 2.00 bits per heavy atom. The molecule has 1 atom stereocenters. The molecule has 0 aliphatic carbocycles. The number of hydrogen-bond donors (Lipinski definition) is 1. The number of hydrogen-bond acceptors (Lipinski definition) is 3. The van der Waals surface area contributed by atoms with Gasteiger partial charge in [0.25, 0.3) is 0 Å². The van der Waals surface area contributed by atoms with Crippen LogP contribution in [0.1, 0.15) is 25.8 Å². The van der Waals surface area contributed by atoms with E-state index in [1.54, 1.807) is 0 Å². The summed E-state index contributed by atoms with van der Waals surface area (Å²) >= 11 is 0. The molecule has 0 fully saturated rings. The summed E-state index contributed by atoms with van der Waals surface area (Å²) in [5, 5.41) is 0. The molecule has 3 nitrogen and oxygen atoms in total. The van der Waals surface area contributed by atoms with E-state index in [0.29, 0.717) is 5.96 Å². The molecule has 1 heterocycles. The van der Waals surface area contributed by atoms with E-state index in [0.717, 1.165) is 19.5 Å². The maximum absolute atomic E-state index is 5.95. The van der Waals surface area contributed by atoms with E-state index in [-0.39, 0.29) is 5.54 Å². The number of rotatable bonds is 3. The van der Waals surface area contributed by atoms with Crippen molar-refractivity contribution in [2.24, 2.45) is 10.7 Å². The van der Waals surface area contributed by atoms with Gasteiger partial charge in [-0.15, -0.1) is 0 Å². The molecule has 3 heteroatoms. The molecule has 0 bridgehead atoms. The van der Waals surface area contributed by atoms with E-state index >= 15 is 0 Å². The molecule has 1 aromatic carbocycles. The Kier molecular flexibility index (Phi) is 2.86. The molecular weight excluding hydrogens is 198 g/mol. The van der Waals surface area contributed by atoms with Gasteiger partial charge in [0, 0.05) is 6.54 Å². The van der Waals surface area contributed by atoms with Crippen LogP contribution >= 0.6 is 0 Å². The fourth-order valence-electron chi connectivity index (χ4n) is 2.57. The molecule has 2 rings (SSSR count). The zero-order valence-corrected chi connectivity index (χ0v) is 9.98. The Morgan fingerprint density at radius 1 is 1.31 bits per heavy atom. The van der Waals surface area contributed by atoms with Crippen molar-refractivity contribution in [3.63, 3.8) is 0 Å². The van der Waals surface area contributed by atoms with Crippen molar-refractivity contribution in [1.82, 2.24) is 4.90 Å². The SMILES string of the molecule is CCN1C(N)=NCC1(CC)c1ccccc1. The van der Waals surface area contributed by atoms with Crippen LogP contribution in [-0.4, -0.2) is 23.9 Å². The lowest BCUT2D eigenvalue weighted by Crippen LogP contribution is -2.48. The minimum Gasteiger partial charge on any atom is -0.370 e. The molecule has 0 radical (unpaired) electrons. The van der Waals surface area contributed by atoms with Gasteiger partial charge in [-0.2, -0.15) is 0 Å². The summed E-state index contributed by atoms with van der Waals surface area (Å²) in [6.07, 6.45) is 1.02. The van der Waals surface area contributed by atoms with Gasteiger partial charge < -0.3 is 10.6 Å². The first kappa shape index (κ1) is 11.0. The van der Waals surface area contributed by atoms with Crippen molar-refractivity contribution >= 4 is 5.96 Å². The van der Waals surface area contributed by atoms with Crippen molar-refractivity contribution in [1.29, 1.82) is 0 Å². The zero-order chi connectivity index (χ0) is 11.6. The summed E-state index contributed by atoms with van der Waals surface area (Å²) in [4.78, 5) is 6.62. The van der Waals surface area contributed by atoms with Crippen LogP contribution in [0.5, 0.6) is 0 Å². The maximum Gasteiger partial charge on any atom is 0.192 e. The third-order valence-electron chi connectivity index (χ3n) is 3.51. The van der Waals surface area contributed by atoms with Gasteiger partial charge >= 0.3 is 0 Å². The summed E-state index contributed by atoms with van der Waals surface area (Å²) < 4.78 is 0. The number of likely N-dealkylation sites (N-methyl/N-ethyl adjacent to an activating group) is 1. The van der Waals surface area contributed by atoms with E-state index in [1.165, 1.54) is 5.56 Å². The topological polar surface area (TPSA) is 41.6 Å². The second kappa shape index (κ2) is 4.16. The zero-order valence-electron chi connectivity index (χ0n) is 9.98. The molecule has 16 heavy (non-hydrogen) atoms. The van der Waals surface area contributed by atoms with E-state index < -0.39 is 0 Å². The predicted molar refractivity (Wildman–Crippen MR) is 67.3 cm³/mol. The van der Waals surface area contributed by atoms with Gasteiger partial charge in [0.2, 0.25) is 0 Å². The van der Waals surface area contributed by atoms with Gasteiger partial charge in [0.15, 0.2) is 5.96 Å². The van der Waals surface area contributed by atoms with Crippen LogP contribution in [0, 0.1) is 0 Å². The molecule has 1 aromatic rings. The number of aliphatic imine (C=N–C) groups is 1. The number of nitrogens with zero attached hydrogens (tertiary/aromatic N) is 2. The van der Waals surface area contributed by atoms with Crippen LogP contribution in [0.3, 0.4) is 0 Å². The average Bonchev–Trinajstić information content (AvgIpc) is 2.68. The first-order chi connectivity index (χ1) is 7.74. The van der Waals surface area contributed by atoms with Gasteiger partial charge in [0.05, 0.1) is 12.1 Å². The molecular formula is C13H19N3. The quantitative estimate of drug-likeness (QED) is 0.840. The summed E-state index contributed by atoms with van der Waals surface area (Å²) in [7, 11) is 0. The van der Waals surface area contributed by atoms with Crippen LogP contribution in [0.2, 0.25) is 0 Å². The summed E-state index contributed by atoms with van der Waals surface area (Å²) in [5.74, 6) is 0.674. The number of benzene rings is 1. The molecule has 0 amide bonds. The Labute approximate surface area is 97.0 Å². The summed E-state index contributed by atoms with van der Waals surface area (Å²) in [6.45, 7) is 6.00. The molecule has 0 aromatic heterocycles. The van der Waals surface area contributed by atoms with Gasteiger partial charge in [-0.1, -0.05) is 37.3 Å². The Bertz CT molecular complexity index is 385. The lowest BCUT2D eigenvalue weighted by molar-refractivity contribution is 0.202. The van der Waals surface area contributed by atoms with E-state index in [9.17, 15) is 0 Å². The molecule has 86 valence electrons. The molecule has 1 unspecified atom stereocenters. The summed E-state index contributed by atoms with van der Waals surface area (Å²) in [6, 6.07) is 10.5. The van der Waals surface area contributed by atoms with Crippen molar-refractivity contribution in [3.8, 4) is 0 Å². The highest BCUT2D eigenvalue weighted by molar-refractivity contribution is 5.81. The number of nitrogens with two attached hydrogens (primary N) is 1. The van der Waals surface area contributed by atoms with Crippen LogP contribution in [0.15, 0.2) is 35.3 Å². The average molecular weight is 217 g/mol. The highest BCUT2D eigenvalue weighted by Gasteiger charge is 2.41. The minimum atomic E-state index is -0.0277. The second-order valence-electron chi connectivity index (χ2n) is 4.17. The largest absolute Gasteiger partial charge is 0.370 e. The van der Waals surface area contributed by atoms with Crippen molar-refractivity contribution in [2.45, 2.75) is 25.8 Å². The minimum absolute atomic E-state index is 0.0277. The molecule has 0 spiro atoms. The maximum atomic E-state index is 5.95. The lowest BCUT2D eigenvalue weighted by Gasteiger charge is -2.38. The smallest absolute Gasteiger partial charge is 0.192 e. The van der Waals surface area contributed by atoms with Crippen LogP contribution in [-0.2, 0) is 5.54 Å². The highest BCUT2D eigenvalue weighted by Crippen LogP contribution is 2.35. The third-order valence-corrected chi connectivity index (χ3v) is 3.51. The molecule has 0 saturated carbocycles. The normalized spacial score (nSPS) is 24.6. The fourth-order valence-corrected chi connectivity index (χ4v) is 2.57. The molecule has 0 saturated heterocycles. The Balaban J connectivity index is 2.42. The lowest BCUT2D eigenvalue weighted by atomic mass is 9.86. The second-order valence-corrected chi connectivity index (χ2v) is 4.17. The summed E-state index contributed by atoms with van der Waals surface area (Å²) in [5.41, 5.74) is 7.24. The van der Waals surface area contributed by atoms with E-state index in [4.69, 9.17) is 5.73 Å². The Morgan fingerprint density at radius 3 is 2.56 bits per heavy atom. The van der Waals surface area contributed by atoms with Gasteiger partial charge in [-0.25, -0.2) is 0 Å². The van der Waals surface area contributed by atoms with Gasteiger partial charge in [-0.3, -0.25) is 4.99 Å². The highest BCUT2D eigenvalue weighted by atomic mass is 15.4. The first-order valence-corrected chi connectivity index (χ1v) is 5.87. The third kappa shape index (κ3) is 1.47. The van der Waals surface area contributed by atoms with Crippen LogP contribution < -0.4 is 5.73 Å². The van der Waals surface area contributed by atoms with Crippen LogP contribution in [0.4, 0.5) is 0 Å².